The molecule has 0 fully saturated rings. The summed E-state index contributed by atoms with van der Waals surface area (Å²) in [7, 11) is -3.88. The van der Waals surface area contributed by atoms with Crippen molar-refractivity contribution in [3.63, 3.8) is 0 Å². The number of carbonyl (C=O) groups is 1. The number of esters is 1. The molecule has 0 saturated heterocycles. The van der Waals surface area contributed by atoms with Crippen LogP contribution in [-0.4, -0.2) is 14.4 Å². The molecule has 0 heterocycles. The fraction of sp³-hybridized carbons (Fsp3) is 0.133. The van der Waals surface area contributed by atoms with Gasteiger partial charge in [0.1, 0.15) is 6.61 Å². The Morgan fingerprint density at radius 3 is 2.55 bits per heavy atom. The van der Waals surface area contributed by atoms with E-state index >= 15 is 0 Å². The summed E-state index contributed by atoms with van der Waals surface area (Å²) in [6.07, 6.45) is 0. The van der Waals surface area contributed by atoms with Gasteiger partial charge in [-0.2, -0.15) is 0 Å². The predicted molar refractivity (Wildman–Crippen MR) is 83.1 cm³/mol. The molecule has 0 aliphatic heterocycles. The van der Waals surface area contributed by atoms with Crippen LogP contribution in [0, 0.1) is 6.92 Å². The van der Waals surface area contributed by atoms with Gasteiger partial charge < -0.3 is 4.74 Å². The van der Waals surface area contributed by atoms with Crippen LogP contribution in [-0.2, 0) is 21.4 Å². The summed E-state index contributed by atoms with van der Waals surface area (Å²) in [5, 5.41) is 5.55. The Labute approximate surface area is 133 Å². The fourth-order valence-corrected chi connectivity index (χ4v) is 2.56. The predicted octanol–water partition coefficient (Wildman–Crippen LogP) is 2.65. The van der Waals surface area contributed by atoms with Gasteiger partial charge in [-0.3, -0.25) is 0 Å². The van der Waals surface area contributed by atoms with E-state index < -0.39 is 16.0 Å². The van der Waals surface area contributed by atoms with E-state index in [4.69, 9.17) is 21.5 Å². The quantitative estimate of drug-likeness (QED) is 0.867. The molecule has 0 spiro atoms. The van der Waals surface area contributed by atoms with Crippen molar-refractivity contribution in [3.8, 4) is 0 Å². The first kappa shape index (κ1) is 16.5. The summed E-state index contributed by atoms with van der Waals surface area (Å²) < 4.78 is 27.9. The Bertz CT molecular complexity index is 818. The summed E-state index contributed by atoms with van der Waals surface area (Å²) in [6.45, 7) is 1.68. The maximum Gasteiger partial charge on any atom is 0.338 e. The van der Waals surface area contributed by atoms with Gasteiger partial charge in [0.15, 0.2) is 0 Å². The molecule has 0 aromatic heterocycles. The number of benzene rings is 2. The van der Waals surface area contributed by atoms with Gasteiger partial charge in [-0.05, 0) is 30.7 Å². The average molecular weight is 340 g/mol. The number of hydrogen-bond acceptors (Lipinski definition) is 4. The van der Waals surface area contributed by atoms with Gasteiger partial charge in [0.2, 0.25) is 10.0 Å². The Balaban J connectivity index is 2.21. The lowest BCUT2D eigenvalue weighted by molar-refractivity contribution is 0.0471. The maximum atomic E-state index is 12.1. The number of aryl methyl sites for hydroxylation is 1. The van der Waals surface area contributed by atoms with Gasteiger partial charge in [-0.25, -0.2) is 18.4 Å². The number of halogens is 1. The fourth-order valence-electron chi connectivity index (χ4n) is 1.83. The zero-order valence-electron chi connectivity index (χ0n) is 11.7. The highest BCUT2D eigenvalue weighted by molar-refractivity contribution is 7.89. The first-order valence-corrected chi connectivity index (χ1v) is 8.25. The van der Waals surface area contributed by atoms with Crippen LogP contribution in [0.15, 0.2) is 47.4 Å². The van der Waals surface area contributed by atoms with Gasteiger partial charge >= 0.3 is 5.97 Å². The number of ether oxygens (including phenoxy) is 1. The minimum absolute atomic E-state index is 0.00243. The van der Waals surface area contributed by atoms with Crippen LogP contribution in [0.25, 0.3) is 0 Å². The molecule has 0 bridgehead atoms. The topological polar surface area (TPSA) is 86.5 Å². The Hall–Kier alpha value is -1.89. The van der Waals surface area contributed by atoms with Crippen LogP contribution in [0.3, 0.4) is 0 Å². The van der Waals surface area contributed by atoms with Crippen LogP contribution in [0.1, 0.15) is 21.5 Å². The molecule has 0 saturated carbocycles. The molecule has 5 nitrogen and oxygen atoms in total. The smallest absolute Gasteiger partial charge is 0.338 e. The first-order chi connectivity index (χ1) is 10.3. The van der Waals surface area contributed by atoms with Crippen LogP contribution < -0.4 is 5.14 Å². The lowest BCUT2D eigenvalue weighted by Gasteiger charge is -2.09. The number of sulfonamides is 1. The second kappa shape index (κ2) is 6.48. The van der Waals surface area contributed by atoms with Crippen LogP contribution in [0.4, 0.5) is 0 Å². The second-order valence-corrected chi connectivity index (χ2v) is 6.66. The molecule has 0 unspecified atom stereocenters. The Morgan fingerprint density at radius 2 is 1.91 bits per heavy atom. The molecule has 2 aromatic rings. The third-order valence-corrected chi connectivity index (χ3v) is 4.35. The highest BCUT2D eigenvalue weighted by Gasteiger charge is 2.16. The number of primary sulfonamides is 1. The normalized spacial score (nSPS) is 11.2. The van der Waals surface area contributed by atoms with Crippen molar-refractivity contribution in [2.45, 2.75) is 18.4 Å². The van der Waals surface area contributed by atoms with Gasteiger partial charge in [-0.15, -0.1) is 0 Å². The summed E-state index contributed by atoms with van der Waals surface area (Å²) in [6, 6.07) is 11.0. The maximum absolute atomic E-state index is 12.1. The van der Waals surface area contributed by atoms with E-state index in [2.05, 4.69) is 0 Å². The molecule has 116 valence electrons. The van der Waals surface area contributed by atoms with E-state index in [0.717, 1.165) is 0 Å². The summed E-state index contributed by atoms with van der Waals surface area (Å²) in [4.78, 5) is 12.0. The van der Waals surface area contributed by atoms with Gasteiger partial charge in [0.25, 0.3) is 0 Å². The van der Waals surface area contributed by atoms with Gasteiger partial charge in [-0.1, -0.05) is 35.9 Å². The van der Waals surface area contributed by atoms with Gasteiger partial charge in [0, 0.05) is 10.6 Å². The lowest BCUT2D eigenvalue weighted by Crippen LogP contribution is -2.14. The zero-order chi connectivity index (χ0) is 16.3. The minimum atomic E-state index is -3.88. The average Bonchev–Trinajstić information content (AvgIpc) is 2.45. The van der Waals surface area contributed by atoms with E-state index in [1.54, 1.807) is 31.2 Å². The van der Waals surface area contributed by atoms with Gasteiger partial charge in [0.05, 0.1) is 10.5 Å². The van der Waals surface area contributed by atoms with Crippen LogP contribution in [0.5, 0.6) is 0 Å². The molecule has 22 heavy (non-hydrogen) atoms. The molecular weight excluding hydrogens is 326 g/mol. The summed E-state index contributed by atoms with van der Waals surface area (Å²) in [5.41, 5.74) is 1.41. The first-order valence-electron chi connectivity index (χ1n) is 6.33. The number of nitrogens with two attached hydrogens (primary N) is 1. The summed E-state index contributed by atoms with van der Waals surface area (Å²) >= 11 is 5.98. The third kappa shape index (κ3) is 3.85. The van der Waals surface area contributed by atoms with Crippen LogP contribution >= 0.6 is 11.6 Å². The van der Waals surface area contributed by atoms with E-state index in [0.29, 0.717) is 16.1 Å². The number of hydrogen-bond donors (Lipinski definition) is 1. The molecule has 0 aliphatic rings. The van der Waals surface area contributed by atoms with Crippen molar-refractivity contribution in [1.29, 1.82) is 0 Å². The van der Waals surface area contributed by atoms with Crippen molar-refractivity contribution in [2.75, 3.05) is 0 Å². The Kier molecular flexibility index (Phi) is 4.85. The second-order valence-electron chi connectivity index (χ2n) is 4.69. The monoisotopic (exact) mass is 339 g/mol. The van der Waals surface area contributed by atoms with Crippen molar-refractivity contribution < 1.29 is 17.9 Å². The van der Waals surface area contributed by atoms with E-state index in [1.165, 1.54) is 18.2 Å². The van der Waals surface area contributed by atoms with Crippen molar-refractivity contribution in [1.82, 2.24) is 0 Å². The molecule has 7 heteroatoms. The molecular formula is C15H14ClNO4S. The van der Waals surface area contributed by atoms with Crippen molar-refractivity contribution >= 4 is 27.6 Å². The number of rotatable bonds is 4. The summed E-state index contributed by atoms with van der Waals surface area (Å²) in [5.74, 6) is -0.636. The van der Waals surface area contributed by atoms with Crippen molar-refractivity contribution in [2.24, 2.45) is 5.14 Å². The molecule has 2 rings (SSSR count). The van der Waals surface area contributed by atoms with E-state index in [1.807, 2.05) is 0 Å². The van der Waals surface area contributed by atoms with Crippen LogP contribution in [0.2, 0.25) is 5.02 Å². The van der Waals surface area contributed by atoms with Crippen molar-refractivity contribution in [3.05, 3.63) is 64.2 Å². The molecule has 2 aromatic carbocycles. The highest BCUT2D eigenvalue weighted by atomic mass is 35.5. The molecule has 2 N–H and O–H groups in total. The SMILES string of the molecule is Cc1ccc(S(N)(=O)=O)cc1C(=O)OCc1ccccc1Cl. The Morgan fingerprint density at radius 1 is 1.23 bits per heavy atom. The molecule has 0 radical (unpaired) electrons. The number of carbonyl (C=O) groups excluding carboxylic acids is 1. The minimum Gasteiger partial charge on any atom is -0.457 e. The molecule has 0 aliphatic carbocycles. The standard InChI is InChI=1S/C15H14ClNO4S/c1-10-6-7-12(22(17,19)20)8-13(10)15(18)21-9-11-4-2-3-5-14(11)16/h2-8H,9H2,1H3,(H2,17,19,20). The third-order valence-electron chi connectivity index (χ3n) is 3.07. The molecule has 0 atom stereocenters. The van der Waals surface area contributed by atoms with E-state index in [-0.39, 0.29) is 17.1 Å². The highest BCUT2D eigenvalue weighted by Crippen LogP contribution is 2.19. The van der Waals surface area contributed by atoms with E-state index in [9.17, 15) is 13.2 Å². The lowest BCUT2D eigenvalue weighted by atomic mass is 10.1. The largest absolute Gasteiger partial charge is 0.457 e. The molecule has 0 amide bonds. The zero-order valence-corrected chi connectivity index (χ0v) is 13.3.